The second kappa shape index (κ2) is 7.72. The Bertz CT molecular complexity index is 784. The van der Waals surface area contributed by atoms with Gasteiger partial charge in [0.05, 0.1) is 0 Å². The van der Waals surface area contributed by atoms with E-state index in [2.05, 4.69) is 20.0 Å². The molecule has 1 aromatic rings. The summed E-state index contributed by atoms with van der Waals surface area (Å²) >= 11 is 0. The second-order valence-corrected chi connectivity index (χ2v) is 7.06. The molecule has 0 saturated carbocycles. The van der Waals surface area contributed by atoms with Crippen LogP contribution in [0.25, 0.3) is 0 Å². The van der Waals surface area contributed by atoms with Crippen molar-refractivity contribution < 1.29 is 0 Å². The van der Waals surface area contributed by atoms with Gasteiger partial charge in [-0.1, -0.05) is 0 Å². The Kier molecular flexibility index (Phi) is 6.43. The largest absolute Gasteiger partial charge is 0.369 e. The molecule has 3 rings (SSSR count). The summed E-state index contributed by atoms with van der Waals surface area (Å²) in [6.07, 6.45) is 0. The van der Waals surface area contributed by atoms with Crippen molar-refractivity contribution in [1.82, 2.24) is 0 Å². The molecule has 28 heavy (non-hydrogen) atoms. The Hall–Kier alpha value is -2.72. The van der Waals surface area contributed by atoms with E-state index in [0.29, 0.717) is 0 Å². The Balaban J connectivity index is 0.00000196. The monoisotopic (exact) mass is 428 g/mol. The number of anilines is 2. The van der Waals surface area contributed by atoms with E-state index in [9.17, 15) is 0 Å². The molecule has 0 aromatic heterocycles. The van der Waals surface area contributed by atoms with Gasteiger partial charge in [0.1, 0.15) is 11.3 Å². The SMILES string of the molecule is CC1(C)N=C(N)N=C(N)N1c1ccc(N2C(N)=NC(N)=NC2(C)C)cc1.Cl.Cl. The van der Waals surface area contributed by atoms with Crippen LogP contribution in [-0.4, -0.2) is 35.2 Å². The van der Waals surface area contributed by atoms with Gasteiger partial charge in [-0.25, -0.2) is 9.98 Å². The van der Waals surface area contributed by atoms with E-state index in [-0.39, 0.29) is 48.7 Å². The van der Waals surface area contributed by atoms with Crippen molar-refractivity contribution in [1.29, 1.82) is 0 Å². The number of aliphatic imine (C=N–C) groups is 4. The van der Waals surface area contributed by atoms with Crippen LogP contribution in [0.1, 0.15) is 27.7 Å². The van der Waals surface area contributed by atoms with Gasteiger partial charge in [-0.3, -0.25) is 9.80 Å². The van der Waals surface area contributed by atoms with Gasteiger partial charge in [0, 0.05) is 11.4 Å². The van der Waals surface area contributed by atoms with Gasteiger partial charge in [0.15, 0.2) is 0 Å². The van der Waals surface area contributed by atoms with E-state index in [1.807, 2.05) is 61.8 Å². The van der Waals surface area contributed by atoms with Gasteiger partial charge >= 0.3 is 0 Å². The molecular weight excluding hydrogens is 403 g/mol. The fourth-order valence-corrected chi connectivity index (χ4v) is 3.25. The van der Waals surface area contributed by atoms with Crippen LogP contribution in [0.15, 0.2) is 44.2 Å². The van der Waals surface area contributed by atoms with E-state index in [0.717, 1.165) is 11.4 Å². The molecule has 2 aliphatic heterocycles. The molecule has 1 aromatic carbocycles. The Morgan fingerprint density at radius 3 is 1.18 bits per heavy atom. The molecule has 0 amide bonds. The van der Waals surface area contributed by atoms with Crippen molar-refractivity contribution in [3.05, 3.63) is 24.3 Å². The zero-order chi connectivity index (χ0) is 19.3. The summed E-state index contributed by atoms with van der Waals surface area (Å²) in [5.74, 6) is 0.892. The average molecular weight is 429 g/mol. The molecule has 0 fully saturated rings. The lowest BCUT2D eigenvalue weighted by Gasteiger charge is -2.40. The van der Waals surface area contributed by atoms with E-state index >= 15 is 0 Å². The van der Waals surface area contributed by atoms with Crippen molar-refractivity contribution >= 4 is 60.0 Å². The van der Waals surface area contributed by atoms with Crippen molar-refractivity contribution in [2.45, 2.75) is 39.0 Å². The standard InChI is InChI=1S/C16H24N10.2ClH/c1-15(2)23-11(17)21-13(19)25(15)9-5-7-10(8-6-9)26-14(20)22-12(18)24-16(26,3)4;;/h5-8H,1-4H3,(H4,17,19,21,23)(H4,18,20,22,24);2*1H. The summed E-state index contributed by atoms with van der Waals surface area (Å²) in [4.78, 5) is 20.4. The minimum Gasteiger partial charge on any atom is -0.369 e. The Labute approximate surface area is 176 Å². The van der Waals surface area contributed by atoms with Gasteiger partial charge in [-0.15, -0.1) is 24.8 Å². The van der Waals surface area contributed by atoms with Crippen LogP contribution in [-0.2, 0) is 0 Å². The van der Waals surface area contributed by atoms with Crippen molar-refractivity contribution in [3.8, 4) is 0 Å². The lowest BCUT2D eigenvalue weighted by atomic mass is 10.1. The number of nitrogens with two attached hydrogens (primary N) is 4. The van der Waals surface area contributed by atoms with Gasteiger partial charge in [0.2, 0.25) is 23.8 Å². The minimum absolute atomic E-state index is 0. The molecule has 0 saturated heterocycles. The highest BCUT2D eigenvalue weighted by atomic mass is 35.5. The third-order valence-corrected chi connectivity index (χ3v) is 4.15. The van der Waals surface area contributed by atoms with Crippen molar-refractivity contribution in [2.24, 2.45) is 42.9 Å². The maximum atomic E-state index is 6.07. The third-order valence-electron chi connectivity index (χ3n) is 4.15. The van der Waals surface area contributed by atoms with Crippen molar-refractivity contribution in [3.63, 3.8) is 0 Å². The Morgan fingerprint density at radius 2 is 0.929 bits per heavy atom. The van der Waals surface area contributed by atoms with Crippen LogP contribution in [0.3, 0.4) is 0 Å². The fourth-order valence-electron chi connectivity index (χ4n) is 3.25. The van der Waals surface area contributed by atoms with Crippen LogP contribution >= 0.6 is 24.8 Å². The van der Waals surface area contributed by atoms with Crippen molar-refractivity contribution in [2.75, 3.05) is 9.80 Å². The van der Waals surface area contributed by atoms with Crippen LogP contribution in [0.4, 0.5) is 11.4 Å². The zero-order valence-electron chi connectivity index (χ0n) is 16.1. The molecule has 0 spiro atoms. The smallest absolute Gasteiger partial charge is 0.220 e. The summed E-state index contributed by atoms with van der Waals surface area (Å²) in [5, 5.41) is 0. The predicted molar refractivity (Wildman–Crippen MR) is 121 cm³/mol. The molecule has 2 heterocycles. The topological polar surface area (TPSA) is 160 Å². The summed E-state index contributed by atoms with van der Waals surface area (Å²) in [5.41, 5.74) is 23.9. The molecule has 0 radical (unpaired) electrons. The number of benzene rings is 1. The lowest BCUT2D eigenvalue weighted by molar-refractivity contribution is 0.531. The molecule has 154 valence electrons. The number of hydrogen-bond acceptors (Lipinski definition) is 10. The molecule has 0 unspecified atom stereocenters. The van der Waals surface area contributed by atoms with Gasteiger partial charge in [0.25, 0.3) is 0 Å². The summed E-state index contributed by atoms with van der Waals surface area (Å²) < 4.78 is 0. The fraction of sp³-hybridized carbons (Fsp3) is 0.375. The highest BCUT2D eigenvalue weighted by molar-refractivity contribution is 6.07. The molecule has 2 aliphatic rings. The predicted octanol–water partition coefficient (Wildman–Crippen LogP) is 0.901. The molecular formula is C16H26Cl2N10. The van der Waals surface area contributed by atoms with Gasteiger partial charge in [-0.2, -0.15) is 9.98 Å². The Morgan fingerprint density at radius 1 is 0.643 bits per heavy atom. The summed E-state index contributed by atoms with van der Waals surface area (Å²) in [7, 11) is 0. The van der Waals surface area contributed by atoms with Crippen LogP contribution in [0.5, 0.6) is 0 Å². The van der Waals surface area contributed by atoms with E-state index in [1.54, 1.807) is 0 Å². The highest BCUT2D eigenvalue weighted by Gasteiger charge is 2.35. The first kappa shape index (κ1) is 23.3. The molecule has 0 aliphatic carbocycles. The van der Waals surface area contributed by atoms with E-state index in [1.165, 1.54) is 0 Å². The minimum atomic E-state index is -0.652. The maximum absolute atomic E-state index is 6.07. The normalized spacial score (nSPS) is 20.0. The molecule has 0 bridgehead atoms. The first-order chi connectivity index (χ1) is 12.0. The van der Waals surface area contributed by atoms with Gasteiger partial charge in [-0.05, 0) is 52.0 Å². The average Bonchev–Trinajstić information content (AvgIpc) is 2.44. The number of rotatable bonds is 2. The van der Waals surface area contributed by atoms with Crippen LogP contribution in [0, 0.1) is 0 Å². The van der Waals surface area contributed by atoms with Crippen LogP contribution < -0.4 is 32.7 Å². The first-order valence-corrected chi connectivity index (χ1v) is 8.11. The maximum Gasteiger partial charge on any atom is 0.220 e. The number of halogens is 2. The molecule has 12 heteroatoms. The summed E-state index contributed by atoms with van der Waals surface area (Å²) in [6.45, 7) is 7.63. The van der Waals surface area contributed by atoms with E-state index in [4.69, 9.17) is 22.9 Å². The van der Waals surface area contributed by atoms with E-state index < -0.39 is 11.3 Å². The van der Waals surface area contributed by atoms with Gasteiger partial charge < -0.3 is 22.9 Å². The molecule has 10 nitrogen and oxygen atoms in total. The third kappa shape index (κ3) is 4.07. The molecule has 0 atom stereocenters. The number of guanidine groups is 4. The first-order valence-electron chi connectivity index (χ1n) is 8.11. The zero-order valence-corrected chi connectivity index (χ0v) is 17.8. The quantitative estimate of drug-likeness (QED) is 0.546. The van der Waals surface area contributed by atoms with Crippen LogP contribution in [0.2, 0.25) is 0 Å². The lowest BCUT2D eigenvalue weighted by Crippen LogP contribution is -2.55. The molecule has 8 N–H and O–H groups in total. The second-order valence-electron chi connectivity index (χ2n) is 7.06. The highest BCUT2D eigenvalue weighted by Crippen LogP contribution is 2.32. The number of hydrogen-bond donors (Lipinski definition) is 4. The summed E-state index contributed by atoms with van der Waals surface area (Å²) in [6, 6.07) is 7.62. The number of nitrogens with zero attached hydrogens (tertiary/aromatic N) is 6.